The molecule has 0 aromatic heterocycles. The number of guanidine groups is 1. The number of amides is 4. The Bertz CT molecular complexity index is 2390. The van der Waals surface area contributed by atoms with Crippen LogP contribution in [0.1, 0.15) is 78.2 Å². The molecule has 0 bridgehead atoms. The van der Waals surface area contributed by atoms with E-state index >= 15 is 0 Å². The van der Waals surface area contributed by atoms with Crippen molar-refractivity contribution in [2.24, 2.45) is 23.3 Å². The van der Waals surface area contributed by atoms with E-state index in [-0.39, 0.29) is 43.7 Å². The molecule has 14 nitrogen and oxygen atoms in total. The maximum Gasteiger partial charge on any atom is 0.258 e. The normalized spacial score (nSPS) is 12.6. The first kappa shape index (κ1) is 50.3. The Morgan fingerprint density at radius 1 is 0.591 bits per heavy atom. The fourth-order valence-electron chi connectivity index (χ4n) is 7.76. The molecule has 0 aliphatic heterocycles. The molecular formula is C52H68N8O6. The number of benzene rings is 5. The monoisotopic (exact) mass is 901 g/mol. The fraction of sp³-hybridized carbons (Fsp3) is 0.404. The third kappa shape index (κ3) is 15.2. The average molecular weight is 901 g/mol. The van der Waals surface area contributed by atoms with Gasteiger partial charge in [0, 0.05) is 24.2 Å². The van der Waals surface area contributed by atoms with Crippen molar-refractivity contribution < 1.29 is 28.7 Å². The molecule has 5 rings (SSSR count). The topological polar surface area (TPSA) is 223 Å². The number of hydrogen-bond acceptors (Lipinski definition) is 8. The van der Waals surface area contributed by atoms with E-state index in [4.69, 9.17) is 26.4 Å². The third-order valence-electron chi connectivity index (χ3n) is 11.2. The maximum atomic E-state index is 14.2. The van der Waals surface area contributed by atoms with Crippen molar-refractivity contribution >= 4 is 51.1 Å². The summed E-state index contributed by atoms with van der Waals surface area (Å²) in [7, 11) is 0. The predicted molar refractivity (Wildman–Crippen MR) is 263 cm³/mol. The predicted octanol–water partition coefficient (Wildman–Crippen LogP) is 6.67. The summed E-state index contributed by atoms with van der Waals surface area (Å²) in [4.78, 5) is 55.6. The lowest BCUT2D eigenvalue weighted by atomic mass is 9.92. The third-order valence-corrected chi connectivity index (χ3v) is 11.2. The molecule has 352 valence electrons. The summed E-state index contributed by atoms with van der Waals surface area (Å²) < 4.78 is 12.9. The average Bonchev–Trinajstić information content (AvgIpc) is 3.30. The first-order valence-electron chi connectivity index (χ1n) is 23.1. The minimum absolute atomic E-state index is 0.0674. The van der Waals surface area contributed by atoms with Crippen LogP contribution in [0.4, 0.5) is 0 Å². The van der Waals surface area contributed by atoms with Crippen molar-refractivity contribution in [1.29, 1.82) is 5.41 Å². The lowest BCUT2D eigenvalue weighted by molar-refractivity contribution is -0.134. The zero-order valence-electron chi connectivity index (χ0n) is 38.8. The number of ether oxygens (including phenoxy) is 2. The molecule has 3 atom stereocenters. The smallest absolute Gasteiger partial charge is 0.258 e. The molecule has 5 aromatic carbocycles. The van der Waals surface area contributed by atoms with E-state index in [1.807, 2.05) is 105 Å². The summed E-state index contributed by atoms with van der Waals surface area (Å²) in [6.45, 7) is 9.31. The van der Waals surface area contributed by atoms with Gasteiger partial charge in [-0.25, -0.2) is 0 Å². The number of fused-ring (bicyclic) bond motifs is 2. The highest BCUT2D eigenvalue weighted by atomic mass is 16.5. The molecule has 0 fully saturated rings. The van der Waals surface area contributed by atoms with Crippen LogP contribution in [0.5, 0.6) is 11.5 Å². The van der Waals surface area contributed by atoms with Gasteiger partial charge in [0.15, 0.2) is 12.6 Å². The zero-order valence-corrected chi connectivity index (χ0v) is 38.8. The fourth-order valence-corrected chi connectivity index (χ4v) is 7.76. The van der Waals surface area contributed by atoms with Crippen LogP contribution in [-0.2, 0) is 25.7 Å². The van der Waals surface area contributed by atoms with E-state index in [9.17, 15) is 19.2 Å². The summed E-state index contributed by atoms with van der Waals surface area (Å²) in [5, 5.41) is 25.7. The van der Waals surface area contributed by atoms with Gasteiger partial charge < -0.3 is 47.5 Å². The Labute approximate surface area is 388 Å². The molecule has 66 heavy (non-hydrogen) atoms. The zero-order chi connectivity index (χ0) is 47.4. The lowest BCUT2D eigenvalue weighted by Gasteiger charge is -2.26. The summed E-state index contributed by atoms with van der Waals surface area (Å²) >= 11 is 0. The highest BCUT2D eigenvalue weighted by Crippen LogP contribution is 2.45. The van der Waals surface area contributed by atoms with Gasteiger partial charge in [-0.15, -0.1) is 0 Å². The Balaban J connectivity index is 1.37. The molecule has 0 heterocycles. The van der Waals surface area contributed by atoms with Crippen molar-refractivity contribution in [2.45, 2.75) is 97.3 Å². The molecule has 0 aliphatic carbocycles. The summed E-state index contributed by atoms with van der Waals surface area (Å²) in [5.74, 6) is -0.528. The molecule has 4 amide bonds. The molecule has 14 heteroatoms. The Morgan fingerprint density at radius 2 is 1.15 bits per heavy atom. The summed E-state index contributed by atoms with van der Waals surface area (Å²) in [6.07, 6.45) is 3.15. The van der Waals surface area contributed by atoms with Crippen molar-refractivity contribution in [3.05, 3.63) is 109 Å². The minimum atomic E-state index is -1.08. The van der Waals surface area contributed by atoms with Gasteiger partial charge in [-0.1, -0.05) is 119 Å². The molecule has 0 aliphatic rings. The van der Waals surface area contributed by atoms with E-state index in [0.717, 1.165) is 44.7 Å². The van der Waals surface area contributed by atoms with Gasteiger partial charge in [-0.2, -0.15) is 0 Å². The second-order valence-corrected chi connectivity index (χ2v) is 17.5. The second kappa shape index (κ2) is 25.7. The first-order valence-corrected chi connectivity index (χ1v) is 23.1. The van der Waals surface area contributed by atoms with Gasteiger partial charge in [-0.3, -0.25) is 24.6 Å². The Morgan fingerprint density at radius 3 is 1.74 bits per heavy atom. The van der Waals surface area contributed by atoms with Crippen LogP contribution in [0.2, 0.25) is 0 Å². The molecule has 0 radical (unpaired) electrons. The number of carbonyl (C=O) groups excluding carboxylic acids is 4. The van der Waals surface area contributed by atoms with Crippen LogP contribution in [-0.4, -0.2) is 74.0 Å². The quantitative estimate of drug-likeness (QED) is 0.0168. The number of nitrogens with two attached hydrogens (primary N) is 2. The van der Waals surface area contributed by atoms with Crippen LogP contribution in [0.25, 0.3) is 32.7 Å². The number of rotatable bonds is 26. The molecular weight excluding hydrogens is 833 g/mol. The van der Waals surface area contributed by atoms with E-state index < -0.39 is 42.5 Å². The molecule has 10 N–H and O–H groups in total. The highest BCUT2D eigenvalue weighted by molar-refractivity contribution is 6.10. The van der Waals surface area contributed by atoms with Crippen LogP contribution >= 0.6 is 0 Å². The van der Waals surface area contributed by atoms with E-state index in [2.05, 4.69) is 52.6 Å². The van der Waals surface area contributed by atoms with Crippen molar-refractivity contribution in [1.82, 2.24) is 26.6 Å². The van der Waals surface area contributed by atoms with Crippen LogP contribution in [0, 0.1) is 17.2 Å². The maximum absolute atomic E-state index is 14.2. The largest absolute Gasteiger partial charge is 0.493 e. The van der Waals surface area contributed by atoms with E-state index in [1.165, 1.54) is 0 Å². The number of carbonyl (C=O) groups is 4. The molecule has 5 aromatic rings. The van der Waals surface area contributed by atoms with E-state index in [1.54, 1.807) is 0 Å². The molecule has 0 saturated heterocycles. The van der Waals surface area contributed by atoms with Crippen molar-refractivity contribution in [3.8, 4) is 22.6 Å². The van der Waals surface area contributed by atoms with Gasteiger partial charge in [0.2, 0.25) is 17.7 Å². The molecule has 0 spiro atoms. The van der Waals surface area contributed by atoms with Gasteiger partial charge in [-0.05, 0) is 103 Å². The second-order valence-electron chi connectivity index (χ2n) is 17.5. The summed E-state index contributed by atoms with van der Waals surface area (Å²) in [6, 6.07) is 30.4. The first-order chi connectivity index (χ1) is 31.8. The number of nitrogens with one attached hydrogen (secondary N) is 6. The van der Waals surface area contributed by atoms with Crippen molar-refractivity contribution in [3.63, 3.8) is 0 Å². The Kier molecular flexibility index (Phi) is 19.6. The molecule has 0 saturated carbocycles. The van der Waals surface area contributed by atoms with Crippen LogP contribution in [0.3, 0.4) is 0 Å². The van der Waals surface area contributed by atoms with Crippen LogP contribution in [0.15, 0.2) is 103 Å². The number of hydrogen-bond donors (Lipinski definition) is 8. The van der Waals surface area contributed by atoms with Crippen molar-refractivity contribution in [2.75, 3.05) is 26.3 Å². The summed E-state index contributed by atoms with van der Waals surface area (Å²) in [5.41, 5.74) is 13.9. The van der Waals surface area contributed by atoms with Gasteiger partial charge in [0.25, 0.3) is 5.91 Å². The standard InChI is InChI=1S/C52H68N8O6/c1-34(2)27-30-65-44-25-23-37-17-8-10-19-39(37)47(44)48-40-20-11-9-18-38(40)24-26-45(48)66-33-46(61)58-41(21-12-13-28-53)50(63)59-42(22-14-29-56-52(54)55)51(64)60-43(31-35(3)4)49(62)57-32-36-15-6-5-7-16-36/h5-11,15-20,23-26,34-35,41-43H,12-14,21-22,27-33,53H2,1-4H3,(H,57,62)(H,58,61)(H,59,63)(H,60,64)(H4,54,55,56)/t41-,42-,43+/m1/s1. The minimum Gasteiger partial charge on any atom is -0.493 e. The highest BCUT2D eigenvalue weighted by Gasteiger charge is 2.30. The number of unbranched alkanes of at least 4 members (excludes halogenated alkanes) is 1. The SMILES string of the molecule is CC(C)CCOc1ccc2ccccc2c1-c1c(OCC(=O)N[C@H](CCCCN)C(=O)N[C@H](CCCNC(=N)N)C(=O)N[C@@H](CC(C)C)C(=O)NCc2ccccc2)ccc2ccccc12. The van der Waals surface area contributed by atoms with Gasteiger partial charge in [0.05, 0.1) is 6.61 Å². The Hall–Kier alpha value is -6.67. The van der Waals surface area contributed by atoms with Gasteiger partial charge >= 0.3 is 0 Å². The molecule has 0 unspecified atom stereocenters. The van der Waals surface area contributed by atoms with Gasteiger partial charge in [0.1, 0.15) is 29.6 Å². The van der Waals surface area contributed by atoms with E-state index in [0.29, 0.717) is 56.3 Å². The lowest BCUT2D eigenvalue weighted by Crippen LogP contribution is -2.57. The van der Waals surface area contributed by atoms with Crippen LogP contribution < -0.4 is 47.5 Å².